The predicted molar refractivity (Wildman–Crippen MR) is 227 cm³/mol. The van der Waals surface area contributed by atoms with Crippen LogP contribution >= 0.6 is 0 Å². The number of carbonyl (C=O) groups is 1. The molecule has 0 heterocycles. The van der Waals surface area contributed by atoms with Crippen LogP contribution in [0.25, 0.3) is 0 Å². The van der Waals surface area contributed by atoms with Crippen molar-refractivity contribution in [3.63, 3.8) is 0 Å². The maximum atomic E-state index is 11.1. The van der Waals surface area contributed by atoms with E-state index in [0.29, 0.717) is 24.6 Å². The second kappa shape index (κ2) is 30.3. The van der Waals surface area contributed by atoms with Crippen LogP contribution in [-0.4, -0.2) is 82.8 Å². The Labute approximate surface area is 340 Å². The molecule has 8 nitrogen and oxygen atoms in total. The third kappa shape index (κ3) is 20.7. The first-order valence-corrected chi connectivity index (χ1v) is 20.3. The van der Waals surface area contributed by atoms with Crippen LogP contribution < -0.4 is 0 Å². The van der Waals surface area contributed by atoms with Gasteiger partial charge >= 0.3 is 6.16 Å². The molecule has 0 aliphatic heterocycles. The van der Waals surface area contributed by atoms with Gasteiger partial charge in [0.05, 0.1) is 39.3 Å². The minimum absolute atomic E-state index is 0. The van der Waals surface area contributed by atoms with Crippen molar-refractivity contribution in [3.8, 4) is 11.5 Å². The van der Waals surface area contributed by atoms with Gasteiger partial charge in [-0.2, -0.15) is 0 Å². The number of quaternary nitrogens is 1. The Kier molecular flexibility index (Phi) is 29.9. The topological polar surface area (TPSA) is 123 Å². The first kappa shape index (κ1) is 53.2. The van der Waals surface area contributed by atoms with E-state index in [-0.39, 0.29) is 36.0 Å². The predicted octanol–water partition coefficient (Wildman–Crippen LogP) is 11.8. The van der Waals surface area contributed by atoms with Crippen LogP contribution in [0, 0.1) is 7.43 Å². The number of phenols is 2. The van der Waals surface area contributed by atoms with Crippen LogP contribution in [0.2, 0.25) is 0 Å². The molecule has 2 aromatic carbocycles. The molecule has 0 atom stereocenters. The second-order valence-electron chi connectivity index (χ2n) is 15.1. The Morgan fingerprint density at radius 3 is 1.28 bits per heavy atom. The van der Waals surface area contributed by atoms with Crippen LogP contribution in [-0.2, 0) is 29.6 Å². The number of carboxylic acid groups (broad SMARTS) is 2. The van der Waals surface area contributed by atoms with E-state index in [1.807, 2.05) is 6.21 Å². The average Bonchev–Trinajstić information content (AvgIpc) is 3.10. The van der Waals surface area contributed by atoms with Crippen molar-refractivity contribution in [2.24, 2.45) is 9.98 Å². The van der Waals surface area contributed by atoms with E-state index < -0.39 is 6.16 Å². The number of aromatic hydroxyl groups is 2. The van der Waals surface area contributed by atoms with Gasteiger partial charge in [0, 0.05) is 40.3 Å². The van der Waals surface area contributed by atoms with Gasteiger partial charge in [-0.3, -0.25) is 9.98 Å². The summed E-state index contributed by atoms with van der Waals surface area (Å²) in [5.74, 6) is 1.18. The number of nitrogens with zero attached hydrogens (tertiary/aromatic N) is 3. The summed E-state index contributed by atoms with van der Waals surface area (Å²) in [6.07, 6.45) is 17.6. The summed E-state index contributed by atoms with van der Waals surface area (Å²) < 4.78 is 1.30. The Balaban J connectivity index is 0. The van der Waals surface area contributed by atoms with Gasteiger partial charge in [-0.25, -0.2) is 4.79 Å². The Bertz CT molecular complexity index is 1330. The largest absolute Gasteiger partial charge is 0.507 e. The van der Waals surface area contributed by atoms with Crippen LogP contribution in [0.1, 0.15) is 171 Å². The molecule has 0 amide bonds. The third-order valence-electron chi connectivity index (χ3n) is 9.90. The molecule has 9 heteroatoms. The van der Waals surface area contributed by atoms with Crippen molar-refractivity contribution in [2.45, 2.75) is 151 Å². The molecule has 0 saturated heterocycles. The number of aliphatic imine (C=N–C) groups is 2. The normalized spacial score (nSPS) is 11.5. The minimum atomic E-state index is -1.83. The van der Waals surface area contributed by atoms with Crippen molar-refractivity contribution in [3.05, 3.63) is 65.1 Å². The Morgan fingerprint density at radius 1 is 0.611 bits per heavy atom. The smallest absolute Gasteiger partial charge is 0.503 e. The molecule has 0 saturated carbocycles. The summed E-state index contributed by atoms with van der Waals surface area (Å²) >= 11 is 0. The first-order chi connectivity index (χ1) is 24.8. The van der Waals surface area contributed by atoms with E-state index in [0.717, 1.165) is 41.5 Å². The number of benzene rings is 2. The average molecular weight is 799 g/mol. The number of rotatable bonds is 25. The van der Waals surface area contributed by atoms with Gasteiger partial charge in [0.15, 0.2) is 0 Å². The third-order valence-corrected chi connectivity index (χ3v) is 9.90. The maximum Gasteiger partial charge on any atom is 0.503 e. The van der Waals surface area contributed by atoms with E-state index in [1.165, 1.54) is 106 Å². The van der Waals surface area contributed by atoms with Crippen molar-refractivity contribution < 1.29 is 46.5 Å². The summed E-state index contributed by atoms with van der Waals surface area (Å²) in [5.41, 5.74) is 6.14. The van der Waals surface area contributed by atoms with Gasteiger partial charge in [0.2, 0.25) is 0 Å². The fourth-order valence-electron chi connectivity index (χ4n) is 6.80. The molecule has 54 heavy (non-hydrogen) atoms. The molecule has 1 radical (unpaired) electrons. The summed E-state index contributed by atoms with van der Waals surface area (Å²) in [5, 5.41) is 36.0. The quantitative estimate of drug-likeness (QED) is 0.0345. The molecule has 0 unspecified atom stereocenters. The number of unbranched alkanes of at least 4 members (excludes halogenated alkanes) is 6. The molecule has 0 bridgehead atoms. The molecule has 2 aromatic rings. The second-order valence-corrected chi connectivity index (χ2v) is 15.1. The SMILES string of the molecule is CCCCCc1cc(C=NCCN=Cc2cc(CCCC[N+](CCCC)(CCCC)CCCC)cc(C(C)C)c2O)c(O)c(C(C)C)c1.O=C(O)O.[CH3-].[Co]. The van der Waals surface area contributed by atoms with Gasteiger partial charge in [-0.05, 0) is 97.6 Å². The summed E-state index contributed by atoms with van der Waals surface area (Å²) in [7, 11) is 0. The van der Waals surface area contributed by atoms with Crippen molar-refractivity contribution in [2.75, 3.05) is 39.3 Å². The van der Waals surface area contributed by atoms with Crippen LogP contribution in [0.3, 0.4) is 0 Å². The van der Waals surface area contributed by atoms with Gasteiger partial charge in [0.25, 0.3) is 0 Å². The molecular formula is C45H77CoN3O5. The number of phenolic OH excluding ortho intramolecular Hbond substituents is 2. The number of hydrogen-bond acceptors (Lipinski definition) is 5. The Hall–Kier alpha value is -2.88. The summed E-state index contributed by atoms with van der Waals surface area (Å²) in [6, 6.07) is 8.59. The monoisotopic (exact) mass is 799 g/mol. The summed E-state index contributed by atoms with van der Waals surface area (Å²) in [4.78, 5) is 17.8. The zero-order chi connectivity index (χ0) is 38.9. The molecule has 0 spiro atoms. The Morgan fingerprint density at radius 2 is 0.944 bits per heavy atom. The van der Waals surface area contributed by atoms with Crippen LogP contribution in [0.5, 0.6) is 11.5 Å². The van der Waals surface area contributed by atoms with Crippen LogP contribution in [0.15, 0.2) is 34.3 Å². The zero-order valence-corrected chi connectivity index (χ0v) is 36.5. The molecule has 4 N–H and O–H groups in total. The van der Waals surface area contributed by atoms with E-state index in [1.54, 1.807) is 6.21 Å². The van der Waals surface area contributed by atoms with Gasteiger partial charge in [-0.15, -0.1) is 0 Å². The van der Waals surface area contributed by atoms with E-state index in [4.69, 9.17) is 15.0 Å². The summed E-state index contributed by atoms with van der Waals surface area (Å²) in [6.45, 7) is 24.0. The van der Waals surface area contributed by atoms with E-state index in [9.17, 15) is 10.2 Å². The first-order valence-electron chi connectivity index (χ1n) is 20.3. The molecule has 0 fully saturated rings. The van der Waals surface area contributed by atoms with Gasteiger partial charge < -0.3 is 32.3 Å². The van der Waals surface area contributed by atoms with E-state index >= 15 is 0 Å². The number of aryl methyl sites for hydroxylation is 2. The zero-order valence-electron chi connectivity index (χ0n) is 35.4. The fourth-order valence-corrected chi connectivity index (χ4v) is 6.80. The van der Waals surface area contributed by atoms with E-state index in [2.05, 4.69) is 89.6 Å². The fraction of sp³-hybridized carbons (Fsp3) is 0.644. The van der Waals surface area contributed by atoms with Crippen molar-refractivity contribution in [1.29, 1.82) is 0 Å². The standard InChI is InChI=1S/C43H71N3O2.CH2O3.CH3.Co/c1-9-13-17-20-36-28-38(42(47)40(30-36)34(5)6)32-44-22-23-45-33-39-29-37(31-41(35(7)8)43(39)48)21-18-19-27-46(24-14-10-2,25-15-11-3)26-16-12-4;2-1(3)4;;/h28-35H,9-27H2,1-8H3,(H-,44,45,47,48);(H2,2,3,4);1H3;/q;;-1;/p+1. The van der Waals surface area contributed by atoms with Gasteiger partial charge in [0.1, 0.15) is 11.5 Å². The van der Waals surface area contributed by atoms with Crippen molar-refractivity contribution in [1.82, 2.24) is 0 Å². The molecule has 0 aromatic heterocycles. The van der Waals surface area contributed by atoms with Gasteiger partial charge in [-0.1, -0.05) is 99.6 Å². The molecule has 0 aliphatic carbocycles. The molecular weight excluding hydrogens is 721 g/mol. The molecule has 0 aliphatic rings. The molecule has 311 valence electrons. The van der Waals surface area contributed by atoms with Crippen molar-refractivity contribution >= 4 is 18.6 Å². The van der Waals surface area contributed by atoms with Crippen LogP contribution in [0.4, 0.5) is 4.79 Å². The minimum Gasteiger partial charge on any atom is -0.507 e. The molecule has 2 rings (SSSR count). The number of hydrogen-bond donors (Lipinski definition) is 4. The maximum absolute atomic E-state index is 11.1.